The van der Waals surface area contributed by atoms with Crippen molar-refractivity contribution in [3.05, 3.63) is 71.8 Å². The smallest absolute Gasteiger partial charge is 0.417 e. The standard InChI is InChI=1S/C29H39F2N3O5/c1-20(2)14-24(27(37)29(30,31)19-32)34(28(38)39-18-23-12-8-5-9-13-23)26(36)15-21(3)17-33-25(35)16-22-10-6-4-7-11-22/h4-13,20-21,24,27,37H,14-19,32H2,1-3H3,(H,33,35)/t21-,24?,27?/m1/s1. The van der Waals surface area contributed by atoms with Gasteiger partial charge in [0.1, 0.15) is 12.7 Å². The minimum atomic E-state index is -3.74. The Morgan fingerprint density at radius 3 is 2.10 bits per heavy atom. The van der Waals surface area contributed by atoms with Crippen LogP contribution < -0.4 is 11.1 Å². The lowest BCUT2D eigenvalue weighted by Crippen LogP contribution is -2.58. The maximum absolute atomic E-state index is 14.5. The third-order valence-electron chi connectivity index (χ3n) is 6.16. The van der Waals surface area contributed by atoms with E-state index in [-0.39, 0.29) is 44.2 Å². The highest BCUT2D eigenvalue weighted by Crippen LogP contribution is 2.28. The fraction of sp³-hybridized carbons (Fsp3) is 0.483. The summed E-state index contributed by atoms with van der Waals surface area (Å²) in [4.78, 5) is 39.5. The molecule has 0 heterocycles. The summed E-state index contributed by atoms with van der Waals surface area (Å²) in [7, 11) is 0. The van der Waals surface area contributed by atoms with Gasteiger partial charge in [-0.3, -0.25) is 9.59 Å². The normalized spacial score (nSPS) is 13.8. The zero-order valence-corrected chi connectivity index (χ0v) is 22.7. The molecule has 4 N–H and O–H groups in total. The van der Waals surface area contributed by atoms with E-state index in [9.17, 15) is 28.3 Å². The SMILES string of the molecule is CC(C)CC(C(O)C(F)(F)CN)N(C(=O)C[C@@H](C)CNC(=O)Cc1ccccc1)C(=O)OCc1ccccc1. The predicted octanol–water partition coefficient (Wildman–Crippen LogP) is 3.91. The van der Waals surface area contributed by atoms with E-state index in [1.54, 1.807) is 51.1 Å². The van der Waals surface area contributed by atoms with Gasteiger partial charge in [0.2, 0.25) is 11.8 Å². The van der Waals surface area contributed by atoms with Gasteiger partial charge >= 0.3 is 6.09 Å². The number of aliphatic hydroxyl groups excluding tert-OH is 1. The first-order valence-corrected chi connectivity index (χ1v) is 13.0. The molecule has 0 aliphatic heterocycles. The zero-order chi connectivity index (χ0) is 29.0. The molecule has 0 fully saturated rings. The van der Waals surface area contributed by atoms with Crippen LogP contribution in [0, 0.1) is 11.8 Å². The van der Waals surface area contributed by atoms with Gasteiger partial charge in [-0.1, -0.05) is 81.4 Å². The molecule has 39 heavy (non-hydrogen) atoms. The minimum Gasteiger partial charge on any atom is -0.444 e. The first-order chi connectivity index (χ1) is 18.4. The Labute approximate surface area is 228 Å². The van der Waals surface area contributed by atoms with Gasteiger partial charge in [-0.2, -0.15) is 0 Å². The third-order valence-corrected chi connectivity index (χ3v) is 6.16. The molecule has 0 radical (unpaired) electrons. The summed E-state index contributed by atoms with van der Waals surface area (Å²) >= 11 is 0. The molecule has 2 aromatic carbocycles. The van der Waals surface area contributed by atoms with Gasteiger partial charge < -0.3 is 20.9 Å². The highest BCUT2D eigenvalue weighted by Gasteiger charge is 2.47. The molecule has 0 aliphatic carbocycles. The number of rotatable bonds is 14. The van der Waals surface area contributed by atoms with Gasteiger partial charge in [0.25, 0.3) is 5.92 Å². The van der Waals surface area contributed by atoms with Gasteiger partial charge in [0.05, 0.1) is 19.0 Å². The van der Waals surface area contributed by atoms with Crippen molar-refractivity contribution in [2.45, 2.75) is 64.7 Å². The second-order valence-electron chi connectivity index (χ2n) is 10.2. The molecule has 0 aliphatic rings. The van der Waals surface area contributed by atoms with Crippen molar-refractivity contribution in [1.82, 2.24) is 10.2 Å². The van der Waals surface area contributed by atoms with Gasteiger partial charge in [-0.05, 0) is 29.4 Å². The van der Waals surface area contributed by atoms with E-state index in [0.29, 0.717) is 10.5 Å². The molecule has 0 spiro atoms. The van der Waals surface area contributed by atoms with Gasteiger partial charge in [-0.15, -0.1) is 0 Å². The molecular weight excluding hydrogens is 508 g/mol. The summed E-state index contributed by atoms with van der Waals surface area (Å²) < 4.78 is 34.4. The Bertz CT molecular complexity index is 1050. The van der Waals surface area contributed by atoms with Crippen LogP contribution in [0.4, 0.5) is 13.6 Å². The molecule has 2 rings (SSSR count). The topological polar surface area (TPSA) is 122 Å². The summed E-state index contributed by atoms with van der Waals surface area (Å²) in [6.45, 7) is 3.92. The van der Waals surface area contributed by atoms with Crippen LogP contribution in [0.5, 0.6) is 0 Å². The zero-order valence-electron chi connectivity index (χ0n) is 22.7. The monoisotopic (exact) mass is 547 g/mol. The van der Waals surface area contributed by atoms with Gasteiger partial charge in [-0.25, -0.2) is 18.5 Å². The lowest BCUT2D eigenvalue weighted by atomic mass is 9.93. The Kier molecular flexibility index (Phi) is 12.5. The molecule has 0 saturated heterocycles. The van der Waals surface area contributed by atoms with Gasteiger partial charge in [0, 0.05) is 13.0 Å². The molecule has 8 nitrogen and oxygen atoms in total. The molecule has 2 unspecified atom stereocenters. The highest BCUT2D eigenvalue weighted by atomic mass is 19.3. The van der Waals surface area contributed by atoms with Crippen LogP contribution in [0.25, 0.3) is 0 Å². The van der Waals surface area contributed by atoms with Crippen molar-refractivity contribution in [2.24, 2.45) is 17.6 Å². The van der Waals surface area contributed by atoms with Crippen LogP contribution in [0.15, 0.2) is 60.7 Å². The lowest BCUT2D eigenvalue weighted by molar-refractivity contribution is -0.151. The van der Waals surface area contributed by atoms with E-state index >= 15 is 0 Å². The van der Waals surface area contributed by atoms with E-state index in [1.807, 2.05) is 30.3 Å². The quantitative estimate of drug-likeness (QED) is 0.330. The predicted molar refractivity (Wildman–Crippen MR) is 144 cm³/mol. The number of imide groups is 1. The Balaban J connectivity index is 2.18. The third kappa shape index (κ3) is 10.4. The summed E-state index contributed by atoms with van der Waals surface area (Å²) in [6, 6.07) is 16.3. The second kappa shape index (κ2) is 15.3. The van der Waals surface area contributed by atoms with E-state index in [0.717, 1.165) is 5.56 Å². The summed E-state index contributed by atoms with van der Waals surface area (Å²) in [5, 5.41) is 13.4. The fourth-order valence-corrected chi connectivity index (χ4v) is 4.07. The van der Waals surface area contributed by atoms with Crippen molar-refractivity contribution < 1.29 is 33.0 Å². The number of nitrogens with zero attached hydrogens (tertiary/aromatic N) is 1. The van der Waals surface area contributed by atoms with Crippen LogP contribution in [-0.2, 0) is 27.4 Å². The second-order valence-corrected chi connectivity index (χ2v) is 10.2. The maximum Gasteiger partial charge on any atom is 0.417 e. The van der Waals surface area contributed by atoms with Crippen molar-refractivity contribution >= 4 is 17.9 Å². The number of amides is 3. The number of carbonyl (C=O) groups excluding carboxylic acids is 3. The first kappa shape index (κ1) is 31.8. The van der Waals surface area contributed by atoms with E-state index in [4.69, 9.17) is 10.5 Å². The number of nitrogens with two attached hydrogens (primary N) is 1. The number of carbonyl (C=O) groups is 3. The molecule has 0 aromatic heterocycles. The van der Waals surface area contributed by atoms with Crippen LogP contribution >= 0.6 is 0 Å². The van der Waals surface area contributed by atoms with E-state index in [1.165, 1.54) is 0 Å². The molecule has 10 heteroatoms. The first-order valence-electron chi connectivity index (χ1n) is 13.0. The van der Waals surface area contributed by atoms with Crippen molar-refractivity contribution in [3.8, 4) is 0 Å². The lowest BCUT2D eigenvalue weighted by Gasteiger charge is -2.37. The number of hydrogen-bond acceptors (Lipinski definition) is 6. The molecule has 214 valence electrons. The molecular formula is C29H39F2N3O5. The number of nitrogens with one attached hydrogen (secondary N) is 1. The Morgan fingerprint density at radius 1 is 1.00 bits per heavy atom. The summed E-state index contributed by atoms with van der Waals surface area (Å²) in [5.41, 5.74) is 6.67. The van der Waals surface area contributed by atoms with Crippen LogP contribution in [0.1, 0.15) is 44.7 Å². The molecule has 0 bridgehead atoms. The maximum atomic E-state index is 14.5. The number of aliphatic hydroxyl groups is 1. The average Bonchev–Trinajstić information content (AvgIpc) is 2.90. The van der Waals surface area contributed by atoms with Crippen LogP contribution in [0.2, 0.25) is 0 Å². The van der Waals surface area contributed by atoms with Gasteiger partial charge in [0.15, 0.2) is 0 Å². The average molecular weight is 548 g/mol. The van der Waals surface area contributed by atoms with Crippen LogP contribution in [0.3, 0.4) is 0 Å². The number of alkyl halides is 2. The molecule has 3 amide bonds. The van der Waals surface area contributed by atoms with Crippen molar-refractivity contribution in [1.29, 1.82) is 0 Å². The number of hydrogen-bond donors (Lipinski definition) is 3. The van der Waals surface area contributed by atoms with Crippen LogP contribution in [-0.4, -0.2) is 59.1 Å². The van der Waals surface area contributed by atoms with Crippen molar-refractivity contribution in [2.75, 3.05) is 13.1 Å². The summed E-state index contributed by atoms with van der Waals surface area (Å²) in [6.07, 6.45) is -3.70. The number of benzene rings is 2. The molecule has 0 saturated carbocycles. The van der Waals surface area contributed by atoms with E-state index < -0.39 is 42.5 Å². The van der Waals surface area contributed by atoms with E-state index in [2.05, 4.69) is 5.32 Å². The number of halogens is 2. The highest BCUT2D eigenvalue weighted by molar-refractivity contribution is 5.92. The van der Waals surface area contributed by atoms with Crippen molar-refractivity contribution in [3.63, 3.8) is 0 Å². The molecule has 3 atom stereocenters. The molecule has 2 aromatic rings. The number of ether oxygens (including phenoxy) is 1. The minimum absolute atomic E-state index is 0.0921. The fourth-order valence-electron chi connectivity index (χ4n) is 4.07. The summed E-state index contributed by atoms with van der Waals surface area (Å²) in [5.74, 6) is -5.46. The largest absolute Gasteiger partial charge is 0.444 e. The Morgan fingerprint density at radius 2 is 1.56 bits per heavy atom. The Hall–Kier alpha value is -3.37.